The van der Waals surface area contributed by atoms with E-state index in [-0.39, 0.29) is 6.42 Å². The van der Waals surface area contributed by atoms with Gasteiger partial charge in [-0.2, -0.15) is 0 Å². The van der Waals surface area contributed by atoms with E-state index < -0.39 is 17.9 Å². The van der Waals surface area contributed by atoms with Crippen molar-refractivity contribution in [1.29, 1.82) is 0 Å². The van der Waals surface area contributed by atoms with Crippen molar-refractivity contribution in [3.8, 4) is 11.1 Å². The highest BCUT2D eigenvalue weighted by molar-refractivity contribution is 5.97. The second kappa shape index (κ2) is 10.9. The Bertz CT molecular complexity index is 1240. The molecule has 5 heteroatoms. The van der Waals surface area contributed by atoms with Crippen LogP contribution in [0, 0.1) is 0 Å². The van der Waals surface area contributed by atoms with Gasteiger partial charge in [-0.1, -0.05) is 66.8 Å². The molecule has 2 N–H and O–H groups in total. The van der Waals surface area contributed by atoms with E-state index in [1.807, 2.05) is 79.7 Å². The summed E-state index contributed by atoms with van der Waals surface area (Å²) in [4.78, 5) is 26.7. The van der Waals surface area contributed by atoms with Crippen molar-refractivity contribution in [2.24, 2.45) is 0 Å². The van der Waals surface area contributed by atoms with Gasteiger partial charge in [0.15, 0.2) is 0 Å². The summed E-state index contributed by atoms with van der Waals surface area (Å²) in [5.41, 5.74) is 6.73. The van der Waals surface area contributed by atoms with E-state index in [1.54, 1.807) is 12.1 Å². The third-order valence-corrected chi connectivity index (χ3v) is 6.19. The average molecular weight is 467 g/mol. The van der Waals surface area contributed by atoms with Gasteiger partial charge in [-0.15, -0.1) is 0 Å². The third kappa shape index (κ3) is 6.07. The molecule has 1 aliphatic carbocycles. The van der Waals surface area contributed by atoms with Crippen molar-refractivity contribution in [3.63, 3.8) is 0 Å². The summed E-state index contributed by atoms with van der Waals surface area (Å²) in [5, 5.41) is 12.4. The third-order valence-electron chi connectivity index (χ3n) is 6.19. The monoisotopic (exact) mass is 466 g/mol. The van der Waals surface area contributed by atoms with Crippen LogP contribution in [-0.4, -0.2) is 37.1 Å². The highest BCUT2D eigenvalue weighted by Gasteiger charge is 2.21. The van der Waals surface area contributed by atoms with Gasteiger partial charge >= 0.3 is 5.97 Å². The average Bonchev–Trinajstić information content (AvgIpc) is 2.89. The van der Waals surface area contributed by atoms with Gasteiger partial charge in [-0.25, -0.2) is 4.79 Å². The number of benzene rings is 3. The summed E-state index contributed by atoms with van der Waals surface area (Å²) in [6.45, 7) is 0. The Morgan fingerprint density at radius 3 is 2.00 bits per heavy atom. The summed E-state index contributed by atoms with van der Waals surface area (Å²) in [7, 11) is 3.99. The van der Waals surface area contributed by atoms with E-state index in [4.69, 9.17) is 0 Å². The first-order valence-electron chi connectivity index (χ1n) is 11.8. The first kappa shape index (κ1) is 24.0. The lowest BCUT2D eigenvalue weighted by Crippen LogP contribution is -2.42. The van der Waals surface area contributed by atoms with Crippen molar-refractivity contribution in [1.82, 2.24) is 5.32 Å². The first-order chi connectivity index (χ1) is 16.9. The van der Waals surface area contributed by atoms with Gasteiger partial charge in [0.05, 0.1) is 0 Å². The molecule has 0 saturated carbocycles. The van der Waals surface area contributed by atoms with Crippen LogP contribution in [-0.2, 0) is 11.2 Å². The molecule has 3 aromatic carbocycles. The molecular formula is C30H30N2O3. The van der Waals surface area contributed by atoms with Crippen molar-refractivity contribution >= 4 is 23.1 Å². The maximum Gasteiger partial charge on any atom is 0.326 e. The Kier molecular flexibility index (Phi) is 7.46. The van der Waals surface area contributed by atoms with Gasteiger partial charge in [-0.3, -0.25) is 4.79 Å². The number of amides is 1. The van der Waals surface area contributed by atoms with E-state index in [9.17, 15) is 14.7 Å². The lowest BCUT2D eigenvalue weighted by molar-refractivity contribution is -0.139. The van der Waals surface area contributed by atoms with Crippen molar-refractivity contribution in [2.45, 2.75) is 25.3 Å². The van der Waals surface area contributed by atoms with Gasteiger partial charge in [-0.05, 0) is 64.9 Å². The van der Waals surface area contributed by atoms with E-state index in [0.717, 1.165) is 40.8 Å². The minimum atomic E-state index is -1.06. The zero-order chi connectivity index (χ0) is 24.8. The molecule has 1 atom stereocenters. The SMILES string of the molecule is CN(C)c1ccc(-c2ccc(C(=O)NC(Cc3ccc(C4=CCCC=C4)cc3)C(=O)O)cc2)cc1. The van der Waals surface area contributed by atoms with Crippen LogP contribution in [0.2, 0.25) is 0 Å². The fourth-order valence-corrected chi connectivity index (χ4v) is 4.10. The number of aliphatic carboxylic acids is 1. The molecule has 0 heterocycles. The lowest BCUT2D eigenvalue weighted by atomic mass is 9.97. The molecule has 1 amide bonds. The van der Waals surface area contributed by atoms with Gasteiger partial charge < -0.3 is 15.3 Å². The number of carboxylic acid groups (broad SMARTS) is 1. The van der Waals surface area contributed by atoms with Crippen molar-refractivity contribution in [3.05, 3.63) is 108 Å². The molecule has 3 aromatic rings. The Balaban J connectivity index is 1.40. The topological polar surface area (TPSA) is 69.6 Å². The molecule has 35 heavy (non-hydrogen) atoms. The quantitative estimate of drug-likeness (QED) is 0.455. The first-order valence-corrected chi connectivity index (χ1v) is 11.8. The van der Waals surface area contributed by atoms with Gasteiger partial charge in [0, 0.05) is 31.8 Å². The van der Waals surface area contributed by atoms with Crippen LogP contribution < -0.4 is 10.2 Å². The van der Waals surface area contributed by atoms with Crippen LogP contribution in [0.4, 0.5) is 5.69 Å². The number of carboxylic acids is 1. The predicted molar refractivity (Wildman–Crippen MR) is 142 cm³/mol. The molecular weight excluding hydrogens is 436 g/mol. The molecule has 0 aromatic heterocycles. The number of hydrogen-bond donors (Lipinski definition) is 2. The van der Waals surface area contributed by atoms with Gasteiger partial charge in [0.1, 0.15) is 6.04 Å². The molecule has 1 aliphatic rings. The van der Waals surface area contributed by atoms with E-state index >= 15 is 0 Å². The number of anilines is 1. The van der Waals surface area contributed by atoms with Gasteiger partial charge in [0.2, 0.25) is 0 Å². The van der Waals surface area contributed by atoms with Gasteiger partial charge in [0.25, 0.3) is 5.91 Å². The van der Waals surface area contributed by atoms with Crippen molar-refractivity contribution in [2.75, 3.05) is 19.0 Å². The summed E-state index contributed by atoms with van der Waals surface area (Å²) >= 11 is 0. The van der Waals surface area contributed by atoms with Crippen LogP contribution in [0.15, 0.2) is 91.0 Å². The normalized spacial score (nSPS) is 13.6. The lowest BCUT2D eigenvalue weighted by Gasteiger charge is -2.16. The number of nitrogens with zero attached hydrogens (tertiary/aromatic N) is 1. The van der Waals surface area contributed by atoms with E-state index in [2.05, 4.69) is 23.5 Å². The summed E-state index contributed by atoms with van der Waals surface area (Å²) in [5.74, 6) is -1.46. The fourth-order valence-electron chi connectivity index (χ4n) is 4.10. The van der Waals surface area contributed by atoms with E-state index in [1.165, 1.54) is 5.57 Å². The molecule has 0 bridgehead atoms. The largest absolute Gasteiger partial charge is 0.480 e. The summed E-state index contributed by atoms with van der Waals surface area (Å²) < 4.78 is 0. The maximum atomic E-state index is 12.8. The number of nitrogens with one attached hydrogen (secondary N) is 1. The summed E-state index contributed by atoms with van der Waals surface area (Å²) in [6.07, 6.45) is 8.79. The van der Waals surface area contributed by atoms with Crippen molar-refractivity contribution < 1.29 is 14.7 Å². The van der Waals surface area contributed by atoms with Crippen LogP contribution in [0.5, 0.6) is 0 Å². The molecule has 178 valence electrons. The van der Waals surface area contributed by atoms with Crippen LogP contribution in [0.1, 0.15) is 34.3 Å². The number of carbonyl (C=O) groups is 2. The molecule has 0 spiro atoms. The number of allylic oxidation sites excluding steroid dienone is 4. The molecule has 0 aliphatic heterocycles. The second-order valence-electron chi connectivity index (χ2n) is 8.92. The highest BCUT2D eigenvalue weighted by Crippen LogP contribution is 2.24. The molecule has 5 nitrogen and oxygen atoms in total. The number of rotatable bonds is 8. The zero-order valence-corrected chi connectivity index (χ0v) is 20.1. The molecule has 0 fully saturated rings. The summed E-state index contributed by atoms with van der Waals surface area (Å²) in [6, 6.07) is 22.2. The Labute approximate surface area is 206 Å². The number of carbonyl (C=O) groups excluding carboxylic acids is 1. The van der Waals surface area contributed by atoms with Crippen LogP contribution in [0.25, 0.3) is 16.7 Å². The number of hydrogen-bond acceptors (Lipinski definition) is 3. The van der Waals surface area contributed by atoms with E-state index in [0.29, 0.717) is 5.56 Å². The molecule has 1 unspecified atom stereocenters. The second-order valence-corrected chi connectivity index (χ2v) is 8.92. The standard InChI is InChI=1S/C30H30N2O3/c1-32(2)27-18-16-25(17-19-27)24-12-14-26(15-13-24)29(33)31-28(30(34)35)20-21-8-10-23(11-9-21)22-6-4-3-5-7-22/h4,6-19,28H,3,5,20H2,1-2H3,(H,31,33)(H,34,35). The smallest absolute Gasteiger partial charge is 0.326 e. The highest BCUT2D eigenvalue weighted by atomic mass is 16.4. The fraction of sp³-hybridized carbons (Fsp3) is 0.200. The Morgan fingerprint density at radius 2 is 1.46 bits per heavy atom. The Hall–Kier alpha value is -4.12. The molecule has 0 saturated heterocycles. The van der Waals surface area contributed by atoms with Crippen LogP contribution in [0.3, 0.4) is 0 Å². The molecule has 0 radical (unpaired) electrons. The minimum absolute atomic E-state index is 0.215. The maximum absolute atomic E-state index is 12.8. The minimum Gasteiger partial charge on any atom is -0.480 e. The zero-order valence-electron chi connectivity index (χ0n) is 20.1. The predicted octanol–water partition coefficient (Wildman–Crippen LogP) is 5.58. The Morgan fingerprint density at radius 1 is 0.857 bits per heavy atom. The molecule has 4 rings (SSSR count). The van der Waals surface area contributed by atoms with Crippen LogP contribution >= 0.6 is 0 Å².